The largest absolute Gasteiger partial charge is 0.495 e. The standard InChI is InChI=1S/C22H24FN5O4S/c1-15-24-21(26-28(15)17-8-6-16(23)7-9-17)22(29)25-19-14-18(10-11-20(19)32-2)33(30,31)27-12-4-3-5-13-27/h6-11,14H,3-5,12-13H2,1-2H3,(H,25,29). The molecule has 0 bridgehead atoms. The predicted octanol–water partition coefficient (Wildman–Crippen LogP) is 3.15. The molecular formula is C22H24FN5O4S. The van der Waals surface area contributed by atoms with Crippen LogP contribution in [0.2, 0.25) is 0 Å². The van der Waals surface area contributed by atoms with Gasteiger partial charge < -0.3 is 10.1 Å². The highest BCUT2D eigenvalue weighted by atomic mass is 32.2. The molecule has 0 radical (unpaired) electrons. The molecule has 33 heavy (non-hydrogen) atoms. The summed E-state index contributed by atoms with van der Waals surface area (Å²) < 4.78 is 47.5. The van der Waals surface area contributed by atoms with Gasteiger partial charge in [0.15, 0.2) is 0 Å². The van der Waals surface area contributed by atoms with Crippen molar-refractivity contribution in [1.29, 1.82) is 0 Å². The average molecular weight is 474 g/mol. The van der Waals surface area contributed by atoms with Crippen molar-refractivity contribution < 1.29 is 22.3 Å². The van der Waals surface area contributed by atoms with Crippen molar-refractivity contribution in [2.45, 2.75) is 31.1 Å². The van der Waals surface area contributed by atoms with Gasteiger partial charge in [-0.2, -0.15) is 4.31 Å². The maximum Gasteiger partial charge on any atom is 0.295 e. The molecule has 1 saturated heterocycles. The van der Waals surface area contributed by atoms with Gasteiger partial charge in [0.2, 0.25) is 15.8 Å². The van der Waals surface area contributed by atoms with Gasteiger partial charge in [-0.25, -0.2) is 22.5 Å². The number of nitrogens with one attached hydrogen (secondary N) is 1. The lowest BCUT2D eigenvalue weighted by Gasteiger charge is -2.26. The maximum atomic E-state index is 13.2. The highest BCUT2D eigenvalue weighted by Gasteiger charge is 2.27. The van der Waals surface area contributed by atoms with Gasteiger partial charge in [0, 0.05) is 13.1 Å². The van der Waals surface area contributed by atoms with Crippen molar-refractivity contribution in [1.82, 2.24) is 19.1 Å². The summed E-state index contributed by atoms with van der Waals surface area (Å²) in [5, 5.41) is 6.86. The Balaban J connectivity index is 1.61. The first-order chi connectivity index (χ1) is 15.8. The van der Waals surface area contributed by atoms with Crippen LogP contribution in [0.15, 0.2) is 47.4 Å². The molecule has 1 aliphatic rings. The molecule has 0 aliphatic carbocycles. The van der Waals surface area contributed by atoms with E-state index in [0.29, 0.717) is 30.4 Å². The highest BCUT2D eigenvalue weighted by molar-refractivity contribution is 7.89. The van der Waals surface area contributed by atoms with Gasteiger partial charge in [-0.15, -0.1) is 5.10 Å². The number of benzene rings is 2. The zero-order chi connectivity index (χ0) is 23.6. The Morgan fingerprint density at radius 3 is 2.45 bits per heavy atom. The van der Waals surface area contributed by atoms with Crippen molar-refractivity contribution in [2.75, 3.05) is 25.5 Å². The number of aryl methyl sites for hydroxylation is 1. The van der Waals surface area contributed by atoms with Crippen LogP contribution in [0.3, 0.4) is 0 Å². The molecule has 2 aromatic carbocycles. The Labute approximate surface area is 191 Å². The van der Waals surface area contributed by atoms with Crippen molar-refractivity contribution >= 4 is 21.6 Å². The van der Waals surface area contributed by atoms with E-state index < -0.39 is 15.9 Å². The molecule has 0 spiro atoms. The zero-order valence-corrected chi connectivity index (χ0v) is 19.1. The third-order valence-corrected chi connectivity index (χ3v) is 7.31. The van der Waals surface area contributed by atoms with E-state index in [1.54, 1.807) is 6.92 Å². The lowest BCUT2D eigenvalue weighted by Crippen LogP contribution is -2.35. The number of halogens is 1. The van der Waals surface area contributed by atoms with Gasteiger partial charge in [0.1, 0.15) is 17.4 Å². The monoisotopic (exact) mass is 473 g/mol. The molecule has 4 rings (SSSR count). The number of aromatic nitrogens is 3. The molecule has 1 fully saturated rings. The third-order valence-electron chi connectivity index (χ3n) is 5.42. The van der Waals surface area contributed by atoms with E-state index in [1.165, 1.54) is 58.6 Å². The number of piperidine rings is 1. The number of hydrogen-bond donors (Lipinski definition) is 1. The molecule has 0 unspecified atom stereocenters. The predicted molar refractivity (Wildman–Crippen MR) is 120 cm³/mol. The summed E-state index contributed by atoms with van der Waals surface area (Å²) in [6.45, 7) is 2.61. The maximum absolute atomic E-state index is 13.2. The fourth-order valence-electron chi connectivity index (χ4n) is 3.69. The van der Waals surface area contributed by atoms with Crippen molar-refractivity contribution in [2.24, 2.45) is 0 Å². The number of nitrogens with zero attached hydrogens (tertiary/aromatic N) is 4. The lowest BCUT2D eigenvalue weighted by atomic mass is 10.2. The van der Waals surface area contributed by atoms with E-state index in [-0.39, 0.29) is 22.2 Å². The second-order valence-corrected chi connectivity index (χ2v) is 9.59. The summed E-state index contributed by atoms with van der Waals surface area (Å²) in [7, 11) is -2.27. The number of anilines is 1. The minimum Gasteiger partial charge on any atom is -0.495 e. The van der Waals surface area contributed by atoms with E-state index in [9.17, 15) is 17.6 Å². The van der Waals surface area contributed by atoms with Gasteiger partial charge in [-0.1, -0.05) is 6.42 Å². The van der Waals surface area contributed by atoms with Crippen LogP contribution in [0.4, 0.5) is 10.1 Å². The lowest BCUT2D eigenvalue weighted by molar-refractivity contribution is 0.101. The number of hydrogen-bond acceptors (Lipinski definition) is 6. The molecular weight excluding hydrogens is 449 g/mol. The number of sulfonamides is 1. The van der Waals surface area contributed by atoms with Gasteiger partial charge in [0.05, 0.1) is 23.4 Å². The summed E-state index contributed by atoms with van der Waals surface area (Å²) in [6.07, 6.45) is 2.65. The first kappa shape index (κ1) is 22.9. The van der Waals surface area contributed by atoms with E-state index in [0.717, 1.165) is 19.3 Å². The second-order valence-electron chi connectivity index (χ2n) is 7.65. The topological polar surface area (TPSA) is 106 Å². The normalized spacial score (nSPS) is 14.8. The minimum atomic E-state index is -3.69. The third kappa shape index (κ3) is 4.74. The minimum absolute atomic E-state index is 0.0708. The molecule has 174 valence electrons. The van der Waals surface area contributed by atoms with Crippen LogP contribution >= 0.6 is 0 Å². The average Bonchev–Trinajstić information content (AvgIpc) is 3.22. The second kappa shape index (κ2) is 9.28. The first-order valence-electron chi connectivity index (χ1n) is 10.5. The SMILES string of the molecule is COc1ccc(S(=O)(=O)N2CCCCC2)cc1NC(=O)c1nc(C)n(-c2ccc(F)cc2)n1. The molecule has 0 atom stereocenters. The summed E-state index contributed by atoms with van der Waals surface area (Å²) in [5.74, 6) is -0.412. The Bertz CT molecular complexity index is 1270. The molecule has 1 amide bonds. The Hall–Kier alpha value is -3.31. The number of carbonyl (C=O) groups is 1. The highest BCUT2D eigenvalue weighted by Crippen LogP contribution is 2.30. The fraction of sp³-hybridized carbons (Fsp3) is 0.318. The number of ether oxygens (including phenoxy) is 1. The van der Waals surface area contributed by atoms with Gasteiger partial charge in [-0.05, 0) is 62.2 Å². The van der Waals surface area contributed by atoms with E-state index in [1.807, 2.05) is 0 Å². The zero-order valence-electron chi connectivity index (χ0n) is 18.3. The van der Waals surface area contributed by atoms with Crippen LogP contribution in [0.1, 0.15) is 35.7 Å². The summed E-state index contributed by atoms with van der Waals surface area (Å²) in [4.78, 5) is 17.1. The van der Waals surface area contributed by atoms with Crippen LogP contribution in [-0.4, -0.2) is 53.6 Å². The smallest absolute Gasteiger partial charge is 0.295 e. The molecule has 1 N–H and O–H groups in total. The number of methoxy groups -OCH3 is 1. The molecule has 11 heteroatoms. The van der Waals surface area contributed by atoms with Crippen LogP contribution in [0, 0.1) is 12.7 Å². The van der Waals surface area contributed by atoms with Crippen LogP contribution in [-0.2, 0) is 10.0 Å². The van der Waals surface area contributed by atoms with Crippen LogP contribution in [0.5, 0.6) is 5.75 Å². The number of amides is 1. The molecule has 2 heterocycles. The molecule has 1 aliphatic heterocycles. The Kier molecular flexibility index (Phi) is 6.43. The Morgan fingerprint density at radius 1 is 1.09 bits per heavy atom. The van der Waals surface area contributed by atoms with Crippen molar-refractivity contribution in [3.63, 3.8) is 0 Å². The van der Waals surface area contributed by atoms with Gasteiger partial charge in [-0.3, -0.25) is 4.79 Å². The van der Waals surface area contributed by atoms with Crippen LogP contribution in [0.25, 0.3) is 5.69 Å². The van der Waals surface area contributed by atoms with E-state index in [4.69, 9.17) is 4.74 Å². The van der Waals surface area contributed by atoms with Gasteiger partial charge >= 0.3 is 0 Å². The molecule has 1 aromatic heterocycles. The fourth-order valence-corrected chi connectivity index (χ4v) is 5.23. The van der Waals surface area contributed by atoms with Crippen molar-refractivity contribution in [3.8, 4) is 11.4 Å². The summed E-state index contributed by atoms with van der Waals surface area (Å²) in [6, 6.07) is 9.97. The summed E-state index contributed by atoms with van der Waals surface area (Å²) in [5.41, 5.74) is 0.740. The Morgan fingerprint density at radius 2 is 1.79 bits per heavy atom. The number of rotatable bonds is 6. The first-order valence-corrected chi connectivity index (χ1v) is 11.9. The molecule has 9 nitrogen and oxygen atoms in total. The summed E-state index contributed by atoms with van der Waals surface area (Å²) >= 11 is 0. The van der Waals surface area contributed by atoms with E-state index >= 15 is 0 Å². The van der Waals surface area contributed by atoms with Gasteiger partial charge in [0.25, 0.3) is 5.91 Å². The molecule has 0 saturated carbocycles. The number of carbonyl (C=O) groups excluding carboxylic acids is 1. The van der Waals surface area contributed by atoms with Crippen LogP contribution < -0.4 is 10.1 Å². The van der Waals surface area contributed by atoms with Crippen molar-refractivity contribution in [3.05, 3.63) is 59.9 Å². The van der Waals surface area contributed by atoms with E-state index in [2.05, 4.69) is 15.4 Å². The quantitative estimate of drug-likeness (QED) is 0.590. The molecule has 3 aromatic rings.